The number of nitrogens with zero attached hydrogens (tertiary/aromatic N) is 1. The quantitative estimate of drug-likeness (QED) is 0.636. The molecule has 1 rings (SSSR count). The van der Waals surface area contributed by atoms with Crippen molar-refractivity contribution in [1.82, 2.24) is 5.16 Å². The van der Waals surface area contributed by atoms with Crippen LogP contribution in [-0.2, 0) is 6.18 Å². The van der Waals surface area contributed by atoms with Crippen LogP contribution in [0.5, 0.6) is 0 Å². The molecule has 62 valence electrons. The molecule has 0 aromatic carbocycles. The Hall–Kier alpha value is -1.20. The van der Waals surface area contributed by atoms with E-state index in [-0.39, 0.29) is 5.76 Å². The second-order valence-corrected chi connectivity index (χ2v) is 2.00. The lowest BCUT2D eigenvalue weighted by Crippen LogP contribution is -2.08. The molecule has 3 nitrogen and oxygen atoms in total. The maximum atomic E-state index is 12.0. The summed E-state index contributed by atoms with van der Waals surface area (Å²) in [5, 5.41) is 2.97. The van der Waals surface area contributed by atoms with Gasteiger partial charge in [0.05, 0.1) is 0 Å². The van der Waals surface area contributed by atoms with E-state index in [0.29, 0.717) is 0 Å². The molecule has 0 bridgehead atoms. The Kier molecular flexibility index (Phi) is 1.54. The Bertz CT molecular complexity index is 246. The summed E-state index contributed by atoms with van der Waals surface area (Å²) in [4.78, 5) is 0. The largest absolute Gasteiger partial charge is 0.423 e. The lowest BCUT2D eigenvalue weighted by Gasteiger charge is -2.02. The molecule has 0 unspecified atom stereocenters. The Balaban J connectivity index is 3.21. The minimum atomic E-state index is -4.48. The molecule has 0 amide bonds. The fraction of sp³-hybridized carbons (Fsp3) is 0.400. The minimum absolute atomic E-state index is 0.310. The van der Waals surface area contributed by atoms with Crippen molar-refractivity contribution >= 4 is 5.82 Å². The van der Waals surface area contributed by atoms with E-state index >= 15 is 0 Å². The van der Waals surface area contributed by atoms with Crippen molar-refractivity contribution in [3.05, 3.63) is 11.3 Å². The highest BCUT2D eigenvalue weighted by atomic mass is 19.4. The Labute approximate surface area is 60.0 Å². The molecule has 0 atom stereocenters. The number of rotatable bonds is 0. The van der Waals surface area contributed by atoms with Gasteiger partial charge in [0.1, 0.15) is 11.3 Å². The topological polar surface area (TPSA) is 52.0 Å². The van der Waals surface area contributed by atoms with Gasteiger partial charge < -0.3 is 10.3 Å². The number of hydrogen-bond acceptors (Lipinski definition) is 3. The number of nitrogens with two attached hydrogens (primary N) is 1. The molecule has 2 N–H and O–H groups in total. The fourth-order valence-electron chi connectivity index (χ4n) is 0.734. The first-order chi connectivity index (χ1) is 4.93. The van der Waals surface area contributed by atoms with Gasteiger partial charge >= 0.3 is 6.18 Å². The molecule has 0 saturated heterocycles. The highest BCUT2D eigenvalue weighted by molar-refractivity contribution is 5.41. The second kappa shape index (κ2) is 2.14. The van der Waals surface area contributed by atoms with Gasteiger partial charge in [-0.05, 0) is 6.92 Å². The minimum Gasteiger partial charge on any atom is -0.380 e. The summed E-state index contributed by atoms with van der Waals surface area (Å²) >= 11 is 0. The SMILES string of the molecule is Cc1onc(N)c1C(F)(F)F. The third kappa shape index (κ3) is 1.28. The van der Waals surface area contributed by atoms with Gasteiger partial charge in [0, 0.05) is 0 Å². The first-order valence-corrected chi connectivity index (χ1v) is 2.72. The summed E-state index contributed by atoms with van der Waals surface area (Å²) in [5.41, 5.74) is 3.91. The molecule has 0 saturated carbocycles. The zero-order chi connectivity index (χ0) is 8.65. The van der Waals surface area contributed by atoms with Crippen LogP contribution in [0.1, 0.15) is 11.3 Å². The van der Waals surface area contributed by atoms with Crippen LogP contribution in [-0.4, -0.2) is 5.16 Å². The number of nitrogen functional groups attached to an aromatic ring is 1. The molecule has 1 aromatic rings. The van der Waals surface area contributed by atoms with Crippen LogP contribution in [0.4, 0.5) is 19.0 Å². The van der Waals surface area contributed by atoms with Gasteiger partial charge in [0.25, 0.3) is 0 Å². The molecule has 0 spiro atoms. The van der Waals surface area contributed by atoms with Crippen molar-refractivity contribution in [2.75, 3.05) is 5.73 Å². The third-order valence-corrected chi connectivity index (χ3v) is 1.17. The molecule has 1 aromatic heterocycles. The highest BCUT2D eigenvalue weighted by Gasteiger charge is 2.38. The van der Waals surface area contributed by atoms with E-state index in [2.05, 4.69) is 9.68 Å². The van der Waals surface area contributed by atoms with Crippen LogP contribution in [0.2, 0.25) is 0 Å². The Morgan fingerprint density at radius 2 is 2.00 bits per heavy atom. The second-order valence-electron chi connectivity index (χ2n) is 2.00. The van der Waals surface area contributed by atoms with Crippen molar-refractivity contribution in [3.8, 4) is 0 Å². The molecule has 6 heteroatoms. The molecule has 1 heterocycles. The summed E-state index contributed by atoms with van der Waals surface area (Å²) < 4.78 is 40.1. The average molecular weight is 166 g/mol. The van der Waals surface area contributed by atoms with E-state index in [1.165, 1.54) is 0 Å². The van der Waals surface area contributed by atoms with Gasteiger partial charge in [-0.2, -0.15) is 13.2 Å². The summed E-state index contributed by atoms with van der Waals surface area (Å²) in [6.07, 6.45) is -4.48. The lowest BCUT2D eigenvalue weighted by atomic mass is 10.2. The summed E-state index contributed by atoms with van der Waals surface area (Å²) in [5.74, 6) is -0.926. The van der Waals surface area contributed by atoms with Gasteiger partial charge in [0.2, 0.25) is 0 Å². The van der Waals surface area contributed by atoms with Crippen LogP contribution in [0.3, 0.4) is 0 Å². The molecule has 0 fully saturated rings. The number of anilines is 1. The van der Waals surface area contributed by atoms with Gasteiger partial charge in [-0.1, -0.05) is 5.16 Å². The van der Waals surface area contributed by atoms with E-state index < -0.39 is 17.6 Å². The van der Waals surface area contributed by atoms with Crippen molar-refractivity contribution in [2.24, 2.45) is 0 Å². The first-order valence-electron chi connectivity index (χ1n) is 2.72. The lowest BCUT2D eigenvalue weighted by molar-refractivity contribution is -0.137. The Morgan fingerprint density at radius 1 is 1.45 bits per heavy atom. The number of hydrogen-bond donors (Lipinski definition) is 1. The van der Waals surface area contributed by atoms with Gasteiger partial charge in [-0.15, -0.1) is 0 Å². The van der Waals surface area contributed by atoms with E-state index in [9.17, 15) is 13.2 Å². The maximum Gasteiger partial charge on any atom is 0.423 e. The summed E-state index contributed by atoms with van der Waals surface area (Å²) in [6, 6.07) is 0. The number of aromatic nitrogens is 1. The molecule has 0 aliphatic carbocycles. The number of halogens is 3. The standard InChI is InChI=1S/C5H5F3N2O/c1-2-3(5(6,7)8)4(9)10-11-2/h1H3,(H2,9,10). The van der Waals surface area contributed by atoms with Gasteiger partial charge in [0.15, 0.2) is 5.82 Å². The van der Waals surface area contributed by atoms with Crippen molar-refractivity contribution < 1.29 is 17.7 Å². The molecule has 0 radical (unpaired) electrons. The predicted octanol–water partition coefficient (Wildman–Crippen LogP) is 1.58. The van der Waals surface area contributed by atoms with Crippen LogP contribution < -0.4 is 5.73 Å². The summed E-state index contributed by atoms with van der Waals surface area (Å²) in [6.45, 7) is 1.16. The fourth-order valence-corrected chi connectivity index (χ4v) is 0.734. The molecular weight excluding hydrogens is 161 g/mol. The van der Waals surface area contributed by atoms with Crippen molar-refractivity contribution in [2.45, 2.75) is 13.1 Å². The van der Waals surface area contributed by atoms with Gasteiger partial charge in [-0.3, -0.25) is 0 Å². The summed E-state index contributed by atoms with van der Waals surface area (Å²) in [7, 11) is 0. The number of aryl methyl sites for hydroxylation is 1. The van der Waals surface area contributed by atoms with Crippen LogP contribution in [0.25, 0.3) is 0 Å². The zero-order valence-corrected chi connectivity index (χ0v) is 5.57. The van der Waals surface area contributed by atoms with E-state index in [1.54, 1.807) is 0 Å². The number of alkyl halides is 3. The van der Waals surface area contributed by atoms with Crippen LogP contribution in [0.15, 0.2) is 4.52 Å². The van der Waals surface area contributed by atoms with Crippen LogP contribution >= 0.6 is 0 Å². The Morgan fingerprint density at radius 3 is 2.18 bits per heavy atom. The maximum absolute atomic E-state index is 12.0. The monoisotopic (exact) mass is 166 g/mol. The van der Waals surface area contributed by atoms with E-state index in [1.807, 2.05) is 0 Å². The van der Waals surface area contributed by atoms with Crippen LogP contribution in [0, 0.1) is 6.92 Å². The third-order valence-electron chi connectivity index (χ3n) is 1.17. The zero-order valence-electron chi connectivity index (χ0n) is 5.57. The molecular formula is C5H5F3N2O. The smallest absolute Gasteiger partial charge is 0.380 e. The predicted molar refractivity (Wildman–Crippen MR) is 30.7 cm³/mol. The first kappa shape index (κ1) is 7.90. The van der Waals surface area contributed by atoms with E-state index in [0.717, 1.165) is 6.92 Å². The average Bonchev–Trinajstić information content (AvgIpc) is 2.08. The molecule has 0 aliphatic rings. The van der Waals surface area contributed by atoms with Crippen molar-refractivity contribution in [1.29, 1.82) is 0 Å². The van der Waals surface area contributed by atoms with Gasteiger partial charge in [-0.25, -0.2) is 0 Å². The normalized spacial score (nSPS) is 12.0. The van der Waals surface area contributed by atoms with E-state index in [4.69, 9.17) is 5.73 Å². The highest BCUT2D eigenvalue weighted by Crippen LogP contribution is 2.35. The molecule has 11 heavy (non-hydrogen) atoms. The van der Waals surface area contributed by atoms with Crippen molar-refractivity contribution in [3.63, 3.8) is 0 Å². The molecule has 0 aliphatic heterocycles.